The van der Waals surface area contributed by atoms with E-state index in [9.17, 15) is 9.59 Å². The zero-order valence-electron chi connectivity index (χ0n) is 17.8. The van der Waals surface area contributed by atoms with E-state index in [-0.39, 0.29) is 5.88 Å². The molecule has 0 aliphatic carbocycles. The van der Waals surface area contributed by atoms with Gasteiger partial charge in [0.25, 0.3) is 0 Å². The van der Waals surface area contributed by atoms with Crippen molar-refractivity contribution in [1.29, 1.82) is 0 Å². The van der Waals surface area contributed by atoms with Gasteiger partial charge in [0.1, 0.15) is 11.4 Å². The molecule has 7 heteroatoms. The van der Waals surface area contributed by atoms with E-state index in [0.29, 0.717) is 17.2 Å². The van der Waals surface area contributed by atoms with Gasteiger partial charge in [0.15, 0.2) is 0 Å². The Morgan fingerprint density at radius 3 is 2.42 bits per heavy atom. The Hall–Kier alpha value is -3.87. The standard InChI is InChI=1S/C24H24N2O5/c1-16(27)29-22(26-23(28)31-24(2,3)4)15-17-10-12-20-18(14-17)11-13-21(25-20)30-19-8-6-5-7-9-19/h5-15H,1-4H3,(H,26,28)/b22-15+. The van der Waals surface area contributed by atoms with Crippen molar-refractivity contribution in [2.45, 2.75) is 33.3 Å². The van der Waals surface area contributed by atoms with E-state index in [1.165, 1.54) is 6.92 Å². The third kappa shape index (κ3) is 6.85. The van der Waals surface area contributed by atoms with Crippen LogP contribution in [0.2, 0.25) is 0 Å². The number of amides is 1. The molecule has 1 N–H and O–H groups in total. The number of rotatable bonds is 5. The van der Waals surface area contributed by atoms with Crippen molar-refractivity contribution in [3.63, 3.8) is 0 Å². The summed E-state index contributed by atoms with van der Waals surface area (Å²) in [5.41, 5.74) is 0.762. The van der Waals surface area contributed by atoms with Crippen LogP contribution in [0.1, 0.15) is 33.3 Å². The number of carbonyl (C=O) groups is 2. The molecular weight excluding hydrogens is 396 g/mol. The molecule has 0 saturated carbocycles. The third-order valence-corrected chi connectivity index (χ3v) is 3.83. The lowest BCUT2D eigenvalue weighted by Gasteiger charge is -2.20. The van der Waals surface area contributed by atoms with Crippen molar-refractivity contribution in [3.05, 3.63) is 72.1 Å². The molecule has 0 radical (unpaired) electrons. The molecule has 1 amide bonds. The fourth-order valence-electron chi connectivity index (χ4n) is 2.68. The molecule has 0 bridgehead atoms. The molecule has 1 aromatic heterocycles. The average Bonchev–Trinajstić information content (AvgIpc) is 2.67. The molecule has 0 fully saturated rings. The number of fused-ring (bicyclic) bond motifs is 1. The monoisotopic (exact) mass is 420 g/mol. The number of benzene rings is 2. The fraction of sp³-hybridized carbons (Fsp3) is 0.208. The van der Waals surface area contributed by atoms with Crippen LogP contribution in [-0.2, 0) is 14.3 Å². The summed E-state index contributed by atoms with van der Waals surface area (Å²) >= 11 is 0. The quantitative estimate of drug-likeness (QED) is 0.438. The summed E-state index contributed by atoms with van der Waals surface area (Å²) in [7, 11) is 0. The van der Waals surface area contributed by atoms with Gasteiger partial charge < -0.3 is 14.2 Å². The lowest BCUT2D eigenvalue weighted by atomic mass is 10.1. The minimum Gasteiger partial charge on any atom is -0.444 e. The second kappa shape index (κ2) is 9.30. The van der Waals surface area contributed by atoms with Crippen molar-refractivity contribution >= 4 is 29.0 Å². The Kier molecular flexibility index (Phi) is 6.55. The summed E-state index contributed by atoms with van der Waals surface area (Å²) in [6, 6.07) is 18.5. The lowest BCUT2D eigenvalue weighted by molar-refractivity contribution is -0.137. The van der Waals surface area contributed by atoms with Gasteiger partial charge in [-0.25, -0.2) is 9.78 Å². The number of esters is 1. The molecule has 0 saturated heterocycles. The third-order valence-electron chi connectivity index (χ3n) is 3.83. The van der Waals surface area contributed by atoms with Crippen LogP contribution in [-0.4, -0.2) is 22.6 Å². The number of alkyl carbamates (subject to hydrolysis) is 1. The first kappa shape index (κ1) is 21.8. The number of pyridine rings is 1. The molecule has 7 nitrogen and oxygen atoms in total. The van der Waals surface area contributed by atoms with E-state index in [1.807, 2.05) is 48.5 Å². The number of nitrogens with one attached hydrogen (secondary N) is 1. The van der Waals surface area contributed by atoms with Gasteiger partial charge in [-0.3, -0.25) is 10.1 Å². The van der Waals surface area contributed by atoms with Gasteiger partial charge >= 0.3 is 12.1 Å². The Morgan fingerprint density at radius 1 is 1.00 bits per heavy atom. The van der Waals surface area contributed by atoms with E-state index in [2.05, 4.69) is 10.3 Å². The molecule has 31 heavy (non-hydrogen) atoms. The highest BCUT2D eigenvalue weighted by molar-refractivity contribution is 5.82. The van der Waals surface area contributed by atoms with Gasteiger partial charge in [-0.05, 0) is 56.7 Å². The van der Waals surface area contributed by atoms with Crippen molar-refractivity contribution in [2.24, 2.45) is 0 Å². The largest absolute Gasteiger partial charge is 0.444 e. The van der Waals surface area contributed by atoms with Crippen molar-refractivity contribution in [2.75, 3.05) is 0 Å². The molecule has 3 rings (SSSR count). The van der Waals surface area contributed by atoms with E-state index >= 15 is 0 Å². The molecule has 0 spiro atoms. The zero-order chi connectivity index (χ0) is 22.4. The Bertz CT molecular complexity index is 1120. The maximum absolute atomic E-state index is 12.1. The van der Waals surface area contributed by atoms with Crippen LogP contribution in [0.4, 0.5) is 4.79 Å². The Morgan fingerprint density at radius 2 is 1.74 bits per heavy atom. The van der Waals surface area contributed by atoms with Crippen molar-refractivity contribution in [1.82, 2.24) is 10.3 Å². The number of hydrogen-bond donors (Lipinski definition) is 1. The second-order valence-electron chi connectivity index (χ2n) is 7.75. The molecule has 3 aromatic rings. The van der Waals surface area contributed by atoms with Crippen LogP contribution < -0.4 is 10.1 Å². The van der Waals surface area contributed by atoms with Gasteiger partial charge in [-0.15, -0.1) is 0 Å². The summed E-state index contributed by atoms with van der Waals surface area (Å²) in [6.45, 7) is 6.49. The molecule has 160 valence electrons. The van der Waals surface area contributed by atoms with Gasteiger partial charge in [-0.2, -0.15) is 0 Å². The number of aromatic nitrogens is 1. The lowest BCUT2D eigenvalue weighted by Crippen LogP contribution is -2.33. The van der Waals surface area contributed by atoms with Gasteiger partial charge in [0, 0.05) is 24.5 Å². The highest BCUT2D eigenvalue weighted by Crippen LogP contribution is 2.23. The maximum Gasteiger partial charge on any atom is 0.414 e. The predicted octanol–water partition coefficient (Wildman–Crippen LogP) is 5.41. The van der Waals surface area contributed by atoms with E-state index in [0.717, 1.165) is 10.9 Å². The summed E-state index contributed by atoms with van der Waals surface area (Å²) in [5.74, 6) is 0.591. The fourth-order valence-corrected chi connectivity index (χ4v) is 2.68. The van der Waals surface area contributed by atoms with Gasteiger partial charge in [0.2, 0.25) is 11.8 Å². The van der Waals surface area contributed by atoms with Gasteiger partial charge in [0.05, 0.1) is 5.52 Å². The topological polar surface area (TPSA) is 86.8 Å². The molecule has 0 aliphatic rings. The molecule has 2 aromatic carbocycles. The minimum absolute atomic E-state index is 0.0295. The van der Waals surface area contributed by atoms with E-state index in [1.54, 1.807) is 39.0 Å². The molecule has 0 unspecified atom stereocenters. The smallest absolute Gasteiger partial charge is 0.414 e. The highest BCUT2D eigenvalue weighted by Gasteiger charge is 2.18. The average molecular weight is 420 g/mol. The SMILES string of the molecule is CC(=O)O/C(=C/c1ccc2nc(Oc3ccccc3)ccc2c1)NC(=O)OC(C)(C)C. The summed E-state index contributed by atoms with van der Waals surface area (Å²) < 4.78 is 16.1. The summed E-state index contributed by atoms with van der Waals surface area (Å²) in [5, 5.41) is 3.31. The normalized spacial score (nSPS) is 11.7. The summed E-state index contributed by atoms with van der Waals surface area (Å²) in [6.07, 6.45) is 0.823. The predicted molar refractivity (Wildman–Crippen MR) is 117 cm³/mol. The second-order valence-corrected chi connectivity index (χ2v) is 7.75. The zero-order valence-corrected chi connectivity index (χ0v) is 17.8. The minimum atomic E-state index is -0.717. The maximum atomic E-state index is 12.1. The number of para-hydroxylation sites is 1. The first-order valence-corrected chi connectivity index (χ1v) is 9.72. The number of ether oxygens (including phenoxy) is 3. The van der Waals surface area contributed by atoms with Gasteiger partial charge in [-0.1, -0.05) is 24.3 Å². The van der Waals surface area contributed by atoms with E-state index < -0.39 is 17.7 Å². The van der Waals surface area contributed by atoms with Crippen LogP contribution in [0, 0.1) is 0 Å². The molecule has 0 atom stereocenters. The molecule has 0 aliphatic heterocycles. The Labute approximate surface area is 180 Å². The summed E-state index contributed by atoms with van der Waals surface area (Å²) in [4.78, 5) is 28.0. The first-order valence-electron chi connectivity index (χ1n) is 9.72. The highest BCUT2D eigenvalue weighted by atomic mass is 16.6. The van der Waals surface area contributed by atoms with Crippen LogP contribution in [0.15, 0.2) is 66.5 Å². The first-order chi connectivity index (χ1) is 14.7. The number of nitrogens with zero attached hydrogens (tertiary/aromatic N) is 1. The molecule has 1 heterocycles. The van der Waals surface area contributed by atoms with Crippen LogP contribution in [0.5, 0.6) is 11.6 Å². The Balaban J connectivity index is 1.82. The van der Waals surface area contributed by atoms with Crippen LogP contribution in [0.25, 0.3) is 17.0 Å². The van der Waals surface area contributed by atoms with Crippen LogP contribution in [0.3, 0.4) is 0 Å². The van der Waals surface area contributed by atoms with Crippen molar-refractivity contribution in [3.8, 4) is 11.6 Å². The van der Waals surface area contributed by atoms with E-state index in [4.69, 9.17) is 14.2 Å². The number of carbonyl (C=O) groups excluding carboxylic acids is 2. The molecular formula is C24H24N2O5. The van der Waals surface area contributed by atoms with Crippen LogP contribution >= 0.6 is 0 Å². The number of hydrogen-bond acceptors (Lipinski definition) is 6. The van der Waals surface area contributed by atoms with Crippen molar-refractivity contribution < 1.29 is 23.8 Å².